The Labute approximate surface area is 50.0 Å². The zero-order valence-corrected chi connectivity index (χ0v) is 4.97. The predicted molar refractivity (Wildman–Crippen MR) is 31.5 cm³/mol. The summed E-state index contributed by atoms with van der Waals surface area (Å²) in [6.45, 7) is 3.64. The van der Waals surface area contributed by atoms with Crippen LogP contribution in [0.15, 0.2) is 12.2 Å². The van der Waals surface area contributed by atoms with E-state index in [-0.39, 0.29) is 0 Å². The summed E-state index contributed by atoms with van der Waals surface area (Å²) in [6.07, 6.45) is 0.292. The van der Waals surface area contributed by atoms with E-state index in [9.17, 15) is 0 Å². The third-order valence-corrected chi connectivity index (χ3v) is 0.838. The van der Waals surface area contributed by atoms with Crippen molar-refractivity contribution in [2.24, 2.45) is 0 Å². The first-order valence-electron chi connectivity index (χ1n) is 2.97. The molecule has 0 unspecified atom stereocenters. The molecule has 1 heterocycles. The zero-order chi connectivity index (χ0) is 6.85. The highest BCUT2D eigenvalue weighted by Crippen LogP contribution is 1.88. The van der Waals surface area contributed by atoms with Crippen molar-refractivity contribution in [3.05, 3.63) is 23.8 Å². The van der Waals surface area contributed by atoms with Crippen molar-refractivity contribution in [2.75, 3.05) is 0 Å². The van der Waals surface area contributed by atoms with Gasteiger partial charge in [0.15, 0.2) is 0 Å². The molecule has 0 saturated carbocycles. The van der Waals surface area contributed by atoms with Gasteiger partial charge in [0.05, 0.1) is 1.37 Å². The Morgan fingerprint density at radius 3 is 2.88 bits per heavy atom. The van der Waals surface area contributed by atoms with E-state index < -0.39 is 0 Å². The molecule has 2 nitrogen and oxygen atoms in total. The van der Waals surface area contributed by atoms with Crippen LogP contribution >= 0.6 is 0 Å². The molecule has 0 aliphatic carbocycles. The Bertz CT molecular complexity index is 172. The first-order valence-corrected chi connectivity index (χ1v) is 2.47. The van der Waals surface area contributed by atoms with Crippen molar-refractivity contribution >= 4 is 0 Å². The molecule has 0 N–H and O–H groups in total. The van der Waals surface area contributed by atoms with E-state index in [0.29, 0.717) is 12.0 Å². The smallest absolute Gasteiger partial charge is 0.125 e. The monoisotopic (exact) mass is 110 g/mol. The van der Waals surface area contributed by atoms with E-state index in [4.69, 9.17) is 1.37 Å². The molecule has 0 aliphatic rings. The van der Waals surface area contributed by atoms with Gasteiger partial charge in [-0.2, -0.15) is 0 Å². The minimum Gasteiger partial charge on any atom is -0.242 e. The molecule has 1 rings (SSSR count). The number of rotatable bonds is 0. The van der Waals surface area contributed by atoms with Crippen LogP contribution in [0.4, 0.5) is 0 Å². The summed E-state index contributed by atoms with van der Waals surface area (Å²) in [7, 11) is 0. The van der Waals surface area contributed by atoms with E-state index >= 15 is 0 Å². The Hall–Kier alpha value is -0.920. The van der Waals surface area contributed by atoms with Gasteiger partial charge in [0.25, 0.3) is 0 Å². The molecule has 0 atom stereocenters. The second-order valence-corrected chi connectivity index (χ2v) is 1.69. The van der Waals surface area contributed by atoms with Crippen LogP contribution in [-0.4, -0.2) is 9.97 Å². The lowest BCUT2D eigenvalue weighted by Crippen LogP contribution is -1.86. The highest BCUT2D eigenvalue weighted by molar-refractivity contribution is 4.97. The van der Waals surface area contributed by atoms with Crippen molar-refractivity contribution in [1.29, 1.82) is 0 Å². The molecule has 42 valence electrons. The molecule has 0 aromatic carbocycles. The van der Waals surface area contributed by atoms with Crippen molar-refractivity contribution < 1.29 is 1.37 Å². The lowest BCUT2D eigenvalue weighted by Gasteiger charge is -1.89. The molecule has 0 bridgehead atoms. The highest BCUT2D eigenvalue weighted by Gasteiger charge is 1.83. The number of aryl methyl sites for hydroxylation is 2. The summed E-state index contributed by atoms with van der Waals surface area (Å²) in [4.78, 5) is 7.79. The first kappa shape index (κ1) is 4.01. The van der Waals surface area contributed by atoms with Gasteiger partial charge in [-0.1, -0.05) is 0 Å². The maximum absolute atomic E-state index is 7.13. The number of hydrogen-bond acceptors (Lipinski definition) is 2. The van der Waals surface area contributed by atoms with E-state index in [1.807, 2.05) is 6.92 Å². The molecule has 0 amide bonds. The second kappa shape index (κ2) is 1.90. The van der Waals surface area contributed by atoms with Crippen LogP contribution in [0, 0.1) is 13.8 Å². The Kier molecular flexibility index (Phi) is 0.954. The third kappa shape index (κ3) is 1.03. The van der Waals surface area contributed by atoms with Crippen LogP contribution in [-0.2, 0) is 0 Å². The van der Waals surface area contributed by atoms with Crippen molar-refractivity contribution in [1.82, 2.24) is 9.97 Å². The number of hydrogen-bond donors (Lipinski definition) is 0. The number of aromatic nitrogens is 2. The fourth-order valence-corrected chi connectivity index (χ4v) is 0.532. The molecular weight excluding hydrogens is 100 g/mol. The van der Waals surface area contributed by atoms with Crippen LogP contribution in [0.2, 0.25) is 0 Å². The average Bonchev–Trinajstić information content (AvgIpc) is 1.59. The summed E-state index contributed by atoms with van der Waals surface area (Å²) in [5.74, 6) is 0.667. The lowest BCUT2D eigenvalue weighted by atomic mass is 10.4. The van der Waals surface area contributed by atoms with Gasteiger partial charge in [0.1, 0.15) is 5.82 Å². The van der Waals surface area contributed by atoms with Crippen LogP contribution in [0.1, 0.15) is 12.9 Å². The van der Waals surface area contributed by atoms with Crippen molar-refractivity contribution in [3.8, 4) is 0 Å². The van der Waals surface area contributed by atoms with Gasteiger partial charge >= 0.3 is 0 Å². The summed E-state index contributed by atoms with van der Waals surface area (Å²) in [6, 6.07) is 1.63. The van der Waals surface area contributed by atoms with Crippen molar-refractivity contribution in [2.45, 2.75) is 13.8 Å². The molecule has 1 aromatic heterocycles. The minimum atomic E-state index is 0.292. The maximum atomic E-state index is 7.13. The van der Waals surface area contributed by atoms with Gasteiger partial charge in [-0.15, -0.1) is 0 Å². The second-order valence-electron chi connectivity index (χ2n) is 1.69. The Morgan fingerprint density at radius 2 is 2.38 bits per heavy atom. The number of nitrogens with zero attached hydrogens (tertiary/aromatic N) is 2. The molecular formula is C6H8N2. The van der Waals surface area contributed by atoms with Gasteiger partial charge in [-0.25, -0.2) is 9.97 Å². The molecule has 2 heteroatoms. The van der Waals surface area contributed by atoms with Crippen LogP contribution in [0.3, 0.4) is 0 Å². The molecule has 0 aliphatic heterocycles. The van der Waals surface area contributed by atoms with E-state index in [1.165, 1.54) is 0 Å². The van der Waals surface area contributed by atoms with Gasteiger partial charge in [-0.05, 0) is 19.9 Å². The molecule has 0 radical (unpaired) electrons. The normalized spacial score (nSPS) is 11.0. The van der Waals surface area contributed by atoms with E-state index in [1.54, 1.807) is 13.0 Å². The van der Waals surface area contributed by atoms with Gasteiger partial charge in [0.2, 0.25) is 0 Å². The van der Waals surface area contributed by atoms with E-state index in [0.717, 1.165) is 5.69 Å². The largest absolute Gasteiger partial charge is 0.242 e. The Morgan fingerprint density at radius 1 is 1.62 bits per heavy atom. The van der Waals surface area contributed by atoms with Crippen LogP contribution in [0.5, 0.6) is 0 Å². The standard InChI is InChI=1S/C6H8N2/c1-5-3-4-7-6(2)8-5/h3-4H,1-2H3/i4T. The van der Waals surface area contributed by atoms with Gasteiger partial charge in [0, 0.05) is 11.9 Å². The lowest BCUT2D eigenvalue weighted by molar-refractivity contribution is 1.01. The van der Waals surface area contributed by atoms with Gasteiger partial charge in [-0.3, -0.25) is 0 Å². The fourth-order valence-electron chi connectivity index (χ4n) is 0.532. The first-order chi connectivity index (χ1) is 4.18. The molecule has 8 heavy (non-hydrogen) atoms. The molecule has 0 spiro atoms. The maximum Gasteiger partial charge on any atom is 0.125 e. The third-order valence-electron chi connectivity index (χ3n) is 0.838. The Balaban J connectivity index is 3.17. The summed E-state index contributed by atoms with van der Waals surface area (Å²) in [5, 5.41) is 0. The minimum absolute atomic E-state index is 0.292. The zero-order valence-electron chi connectivity index (χ0n) is 5.97. The molecule has 1 aromatic rings. The van der Waals surface area contributed by atoms with Crippen molar-refractivity contribution in [3.63, 3.8) is 0 Å². The molecule has 0 saturated heterocycles. The molecule has 0 fully saturated rings. The quantitative estimate of drug-likeness (QED) is 0.499. The average molecular weight is 110 g/mol. The summed E-state index contributed by atoms with van der Waals surface area (Å²) >= 11 is 0. The topological polar surface area (TPSA) is 25.8 Å². The van der Waals surface area contributed by atoms with Crippen LogP contribution in [0.25, 0.3) is 0 Å². The van der Waals surface area contributed by atoms with E-state index in [2.05, 4.69) is 9.97 Å². The van der Waals surface area contributed by atoms with Gasteiger partial charge < -0.3 is 0 Å². The summed E-state index contributed by atoms with van der Waals surface area (Å²) < 4.78 is 7.13. The fraction of sp³-hybridized carbons (Fsp3) is 0.333. The SMILES string of the molecule is [3H]c1cc(C)nc(C)n1. The summed E-state index contributed by atoms with van der Waals surface area (Å²) in [5.41, 5.74) is 0.854. The highest BCUT2D eigenvalue weighted by atomic mass is 14.9. The predicted octanol–water partition coefficient (Wildman–Crippen LogP) is 1.09. The van der Waals surface area contributed by atoms with Crippen LogP contribution < -0.4 is 0 Å².